The van der Waals surface area contributed by atoms with Gasteiger partial charge >= 0.3 is 0 Å². The van der Waals surface area contributed by atoms with Gasteiger partial charge in [0.15, 0.2) is 6.17 Å². The molecule has 4 aromatic rings. The molecule has 1 atom stereocenters. The largest absolute Gasteiger partial charge is 0.286 e. The lowest BCUT2D eigenvalue weighted by atomic mass is 10.0. The zero-order valence-electron chi connectivity index (χ0n) is 15.0. The maximum Gasteiger partial charge on any atom is 0.171 e. The lowest BCUT2D eigenvalue weighted by Gasteiger charge is -2.30. The Labute approximate surface area is 167 Å². The molecular weight excluding hydrogens is 368 g/mol. The van der Waals surface area contributed by atoms with Crippen LogP contribution in [-0.2, 0) is 0 Å². The molecule has 1 aliphatic heterocycles. The summed E-state index contributed by atoms with van der Waals surface area (Å²) in [6.07, 6.45) is -0.534. The van der Waals surface area contributed by atoms with E-state index in [0.717, 1.165) is 32.5 Å². The molecule has 1 heterocycles. The average Bonchev–Trinajstić information content (AvgIpc) is 2.73. The van der Waals surface area contributed by atoms with Gasteiger partial charge in [0.25, 0.3) is 0 Å². The Bertz CT molecular complexity index is 1300. The van der Waals surface area contributed by atoms with Gasteiger partial charge in [0.05, 0.1) is 11.1 Å². The predicted octanol–water partition coefficient (Wildman–Crippen LogP) is 4.67. The summed E-state index contributed by atoms with van der Waals surface area (Å²) in [5, 5.41) is 17.0. The van der Waals surface area contributed by atoms with Gasteiger partial charge in [-0.1, -0.05) is 78.3 Å². The molecule has 136 valence electrons. The molecule has 0 saturated heterocycles. The third-order valence-electron chi connectivity index (χ3n) is 5.05. The van der Waals surface area contributed by atoms with Gasteiger partial charge in [-0.05, 0) is 40.6 Å². The van der Waals surface area contributed by atoms with Crippen LogP contribution in [0.25, 0.3) is 16.5 Å². The van der Waals surface area contributed by atoms with E-state index < -0.39 is 6.17 Å². The molecule has 0 amide bonds. The van der Waals surface area contributed by atoms with Crippen LogP contribution < -0.4 is 10.6 Å². The lowest BCUT2D eigenvalue weighted by Crippen LogP contribution is -2.41. The second kappa shape index (κ2) is 6.79. The van der Waals surface area contributed by atoms with Gasteiger partial charge in [0, 0.05) is 15.8 Å². The standard InChI is InChI=1S/C24H17ClN2O/c25-20-12-13-22-21(15-20)23(17-7-2-1-3-8-17)27(28)24(26-22)19-11-10-16-6-4-5-9-18(16)14-19/h1-15,24,28H. The van der Waals surface area contributed by atoms with E-state index >= 15 is 0 Å². The van der Waals surface area contributed by atoms with E-state index in [-0.39, 0.29) is 0 Å². The number of rotatable bonds is 2. The molecule has 3 nitrogen and oxygen atoms in total. The van der Waals surface area contributed by atoms with Crippen molar-refractivity contribution in [3.63, 3.8) is 0 Å². The summed E-state index contributed by atoms with van der Waals surface area (Å²) >= 11 is 6.24. The van der Waals surface area contributed by atoms with Crippen molar-refractivity contribution < 1.29 is 5.21 Å². The van der Waals surface area contributed by atoms with Crippen LogP contribution in [0.1, 0.15) is 17.3 Å². The molecule has 1 unspecified atom stereocenters. The summed E-state index contributed by atoms with van der Waals surface area (Å²) in [7, 11) is 0. The van der Waals surface area contributed by atoms with E-state index in [4.69, 9.17) is 16.6 Å². The van der Waals surface area contributed by atoms with Crippen molar-refractivity contribution in [1.82, 2.24) is 5.06 Å². The van der Waals surface area contributed by atoms with E-state index in [1.165, 1.54) is 5.06 Å². The molecule has 5 rings (SSSR count). The maximum atomic E-state index is 11.2. The Hall–Kier alpha value is -3.14. The molecule has 1 N–H and O–H groups in total. The van der Waals surface area contributed by atoms with Crippen molar-refractivity contribution in [1.29, 1.82) is 0 Å². The third kappa shape index (κ3) is 2.85. The van der Waals surface area contributed by atoms with Crippen LogP contribution in [0.15, 0.2) is 96.0 Å². The second-order valence-corrected chi connectivity index (χ2v) is 7.27. The number of benzene rings is 4. The molecule has 0 spiro atoms. The first kappa shape index (κ1) is 17.0. The van der Waals surface area contributed by atoms with E-state index in [2.05, 4.69) is 24.3 Å². The summed E-state index contributed by atoms with van der Waals surface area (Å²) in [4.78, 5) is 4.82. The molecular formula is C24H17ClN2O. The van der Waals surface area contributed by atoms with Crippen molar-refractivity contribution in [2.45, 2.75) is 6.17 Å². The number of nitrogens with zero attached hydrogens (tertiary/aromatic N) is 2. The van der Waals surface area contributed by atoms with E-state index in [1.807, 2.05) is 66.7 Å². The second-order valence-electron chi connectivity index (χ2n) is 6.83. The molecule has 0 fully saturated rings. The Balaban J connectivity index is 1.75. The number of hydrogen-bond acceptors (Lipinski definition) is 3. The average molecular weight is 385 g/mol. The Morgan fingerprint density at radius 1 is 0.786 bits per heavy atom. The molecule has 28 heavy (non-hydrogen) atoms. The number of hydrogen-bond donors (Lipinski definition) is 1. The van der Waals surface area contributed by atoms with Crippen LogP contribution in [0.3, 0.4) is 0 Å². The molecule has 0 aromatic heterocycles. The molecule has 1 aliphatic rings. The SMILES string of the molecule is ON1C(c2ccccc2)=c2cc(Cl)ccc2=NC1c1ccc2ccccc2c1. The quantitative estimate of drug-likeness (QED) is 0.545. The van der Waals surface area contributed by atoms with Gasteiger partial charge in [-0.25, -0.2) is 5.06 Å². The smallest absolute Gasteiger partial charge is 0.171 e. The minimum absolute atomic E-state index is 0.534. The molecule has 4 aromatic carbocycles. The number of halogens is 1. The summed E-state index contributed by atoms with van der Waals surface area (Å²) in [6, 6.07) is 29.7. The van der Waals surface area contributed by atoms with Crippen molar-refractivity contribution >= 4 is 28.1 Å². The first-order valence-corrected chi connectivity index (χ1v) is 9.48. The van der Waals surface area contributed by atoms with Crippen LogP contribution >= 0.6 is 11.6 Å². The summed E-state index contributed by atoms with van der Waals surface area (Å²) in [5.74, 6) is 0. The highest BCUT2D eigenvalue weighted by Gasteiger charge is 2.26. The van der Waals surface area contributed by atoms with Crippen molar-refractivity contribution in [2.24, 2.45) is 4.99 Å². The van der Waals surface area contributed by atoms with Crippen LogP contribution in [0.2, 0.25) is 5.02 Å². The zero-order valence-corrected chi connectivity index (χ0v) is 15.7. The first-order valence-electron chi connectivity index (χ1n) is 9.11. The highest BCUT2D eigenvalue weighted by Crippen LogP contribution is 2.30. The summed E-state index contributed by atoms with van der Waals surface area (Å²) in [6.45, 7) is 0. The monoisotopic (exact) mass is 384 g/mol. The molecule has 0 radical (unpaired) electrons. The fourth-order valence-corrected chi connectivity index (χ4v) is 3.88. The van der Waals surface area contributed by atoms with Gasteiger partial charge in [0.2, 0.25) is 0 Å². The topological polar surface area (TPSA) is 35.8 Å². The normalized spacial score (nSPS) is 16.0. The van der Waals surface area contributed by atoms with Crippen molar-refractivity contribution in [2.75, 3.05) is 0 Å². The van der Waals surface area contributed by atoms with Crippen molar-refractivity contribution in [3.05, 3.63) is 118 Å². The van der Waals surface area contributed by atoms with Crippen LogP contribution in [0.5, 0.6) is 0 Å². The van der Waals surface area contributed by atoms with Gasteiger partial charge in [-0.15, -0.1) is 0 Å². The predicted molar refractivity (Wildman–Crippen MR) is 111 cm³/mol. The summed E-state index contributed by atoms with van der Waals surface area (Å²) < 4.78 is 0. The lowest BCUT2D eigenvalue weighted by molar-refractivity contribution is -0.0687. The van der Waals surface area contributed by atoms with Gasteiger partial charge in [-0.3, -0.25) is 10.2 Å². The van der Waals surface area contributed by atoms with Gasteiger partial charge in [0.1, 0.15) is 0 Å². The summed E-state index contributed by atoms with van der Waals surface area (Å²) in [5.41, 5.74) is 2.54. The van der Waals surface area contributed by atoms with Crippen LogP contribution in [0.4, 0.5) is 0 Å². The molecule has 0 saturated carbocycles. The highest BCUT2D eigenvalue weighted by molar-refractivity contribution is 6.30. The van der Waals surface area contributed by atoms with Gasteiger partial charge in [-0.2, -0.15) is 0 Å². The van der Waals surface area contributed by atoms with Crippen molar-refractivity contribution in [3.8, 4) is 0 Å². The minimum atomic E-state index is -0.534. The maximum absolute atomic E-state index is 11.2. The first-order chi connectivity index (χ1) is 13.7. The van der Waals surface area contributed by atoms with Crippen LogP contribution in [0, 0.1) is 0 Å². The fraction of sp³-hybridized carbons (Fsp3) is 0.0417. The highest BCUT2D eigenvalue weighted by atomic mass is 35.5. The van der Waals surface area contributed by atoms with E-state index in [1.54, 1.807) is 0 Å². The minimum Gasteiger partial charge on any atom is -0.286 e. The molecule has 4 heteroatoms. The van der Waals surface area contributed by atoms with E-state index in [9.17, 15) is 5.21 Å². The van der Waals surface area contributed by atoms with Gasteiger partial charge < -0.3 is 0 Å². The molecule has 0 bridgehead atoms. The number of hydroxylamine groups is 2. The third-order valence-corrected chi connectivity index (χ3v) is 5.29. The Morgan fingerprint density at radius 3 is 2.36 bits per heavy atom. The Kier molecular flexibility index (Phi) is 4.12. The van der Waals surface area contributed by atoms with E-state index in [0.29, 0.717) is 10.7 Å². The fourth-order valence-electron chi connectivity index (χ4n) is 3.71. The zero-order chi connectivity index (χ0) is 19.1. The number of fused-ring (bicyclic) bond motifs is 2. The van der Waals surface area contributed by atoms with Crippen LogP contribution in [-0.4, -0.2) is 10.3 Å². The molecule has 0 aliphatic carbocycles. The Morgan fingerprint density at radius 2 is 1.54 bits per heavy atom.